The number of rotatable bonds is 1. The molecule has 1 saturated heterocycles. The minimum Gasteiger partial charge on any atom is -0.348 e. The summed E-state index contributed by atoms with van der Waals surface area (Å²) in [7, 11) is 0. The number of benzene rings is 2. The summed E-state index contributed by atoms with van der Waals surface area (Å²) in [4.78, 5) is 58.5. The van der Waals surface area contributed by atoms with E-state index in [2.05, 4.69) is 27.4 Å². The van der Waals surface area contributed by atoms with Gasteiger partial charge in [0, 0.05) is 23.7 Å². The van der Waals surface area contributed by atoms with Crippen LogP contribution in [-0.2, 0) is 24.6 Å². The molecule has 3 aromatic rings. The van der Waals surface area contributed by atoms with Crippen LogP contribution >= 0.6 is 0 Å². The second-order valence-corrected chi connectivity index (χ2v) is 12.9. The zero-order chi connectivity index (χ0) is 31.8. The van der Waals surface area contributed by atoms with Crippen molar-refractivity contribution in [2.24, 2.45) is 5.92 Å². The quantitative estimate of drug-likeness (QED) is 0.339. The van der Waals surface area contributed by atoms with E-state index < -0.39 is 29.4 Å². The zero-order valence-corrected chi connectivity index (χ0v) is 26.2. The first-order valence-electron chi connectivity index (χ1n) is 15.3. The number of nitrogens with one attached hydrogen (secondary N) is 4. The van der Waals surface area contributed by atoms with Crippen molar-refractivity contribution < 1.29 is 19.2 Å². The summed E-state index contributed by atoms with van der Waals surface area (Å²) < 4.78 is 0. The van der Waals surface area contributed by atoms with Gasteiger partial charge in [-0.1, -0.05) is 44.2 Å². The van der Waals surface area contributed by atoms with Gasteiger partial charge >= 0.3 is 0 Å². The van der Waals surface area contributed by atoms with E-state index in [1.165, 1.54) is 5.01 Å². The van der Waals surface area contributed by atoms with Crippen molar-refractivity contribution >= 4 is 34.4 Å². The Morgan fingerprint density at radius 1 is 0.886 bits per heavy atom. The minimum absolute atomic E-state index is 0.202. The van der Waals surface area contributed by atoms with Gasteiger partial charge in [-0.3, -0.25) is 29.2 Å². The van der Waals surface area contributed by atoms with Crippen molar-refractivity contribution in [2.45, 2.75) is 84.0 Å². The molecule has 3 heterocycles. The van der Waals surface area contributed by atoms with Crippen LogP contribution in [0, 0.1) is 5.92 Å². The number of aromatic nitrogens is 1. The maximum absolute atomic E-state index is 13.7. The third kappa shape index (κ3) is 6.31. The standard InChI is InChI=1S/C34H42N6O4/c1-19(2)29-31(42)37-21(4)32(43)40-14-8-11-27(39-40)30(41)36-20(3)22-12-13-24-18-35-28(17-25(24)15-22)23-9-7-10-26(16-23)34(5,6)33(44)38-29/h7,9-10,12-13,15-21,27,29,39H,8,11,14H2,1-6H3,(H,36,41)(H,37,42)(H,38,44). The molecule has 10 heteroatoms. The Kier molecular flexibility index (Phi) is 8.74. The Labute approximate surface area is 258 Å². The minimum atomic E-state index is -0.966. The lowest BCUT2D eigenvalue weighted by Crippen LogP contribution is -2.62. The maximum Gasteiger partial charge on any atom is 0.258 e. The fourth-order valence-electron chi connectivity index (χ4n) is 5.77. The van der Waals surface area contributed by atoms with Crippen molar-refractivity contribution in [2.75, 3.05) is 6.54 Å². The number of fused-ring (bicyclic) bond motifs is 7. The fraction of sp³-hybridized carbons (Fsp3) is 0.441. The number of pyridine rings is 1. The van der Waals surface area contributed by atoms with Crippen LogP contribution in [0.5, 0.6) is 0 Å². The Morgan fingerprint density at radius 2 is 1.64 bits per heavy atom. The molecule has 4 amide bonds. The number of nitrogens with zero attached hydrogens (tertiary/aromatic N) is 2. The highest BCUT2D eigenvalue weighted by molar-refractivity contribution is 5.95. The summed E-state index contributed by atoms with van der Waals surface area (Å²) in [5.41, 5.74) is 5.44. The third-order valence-electron chi connectivity index (χ3n) is 8.79. The van der Waals surface area contributed by atoms with Gasteiger partial charge in [0.25, 0.3) is 5.91 Å². The second kappa shape index (κ2) is 12.4. The number of carbonyl (C=O) groups excluding carboxylic acids is 4. The largest absolute Gasteiger partial charge is 0.348 e. The molecule has 1 fully saturated rings. The predicted octanol–water partition coefficient (Wildman–Crippen LogP) is 3.51. The van der Waals surface area contributed by atoms with Crippen LogP contribution in [0.15, 0.2) is 54.7 Å². The third-order valence-corrected chi connectivity index (χ3v) is 8.79. The molecule has 0 radical (unpaired) electrons. The predicted molar refractivity (Wildman–Crippen MR) is 169 cm³/mol. The lowest BCUT2D eigenvalue weighted by atomic mass is 9.82. The fourth-order valence-corrected chi connectivity index (χ4v) is 5.77. The molecule has 2 aliphatic heterocycles. The van der Waals surface area contributed by atoms with Crippen LogP contribution in [0.2, 0.25) is 0 Å². The smallest absolute Gasteiger partial charge is 0.258 e. The highest BCUT2D eigenvalue weighted by Crippen LogP contribution is 2.30. The van der Waals surface area contributed by atoms with Crippen molar-refractivity contribution in [3.63, 3.8) is 0 Å². The van der Waals surface area contributed by atoms with E-state index in [9.17, 15) is 19.2 Å². The second-order valence-electron chi connectivity index (χ2n) is 12.9. The molecule has 0 spiro atoms. The van der Waals surface area contributed by atoms with E-state index in [1.54, 1.807) is 6.92 Å². The Hall–Kier alpha value is -4.31. The SMILES string of the molecule is CC1NC(=O)C(C(C)C)NC(=O)C(C)(C)c2cccc(c2)-c2cc3cc(ccc3cn2)C(C)NC(=O)C2CCCN(N2)C1=O. The van der Waals surface area contributed by atoms with Crippen molar-refractivity contribution in [3.8, 4) is 11.3 Å². The first-order valence-corrected chi connectivity index (χ1v) is 15.3. The van der Waals surface area contributed by atoms with Gasteiger partial charge in [-0.25, -0.2) is 5.43 Å². The van der Waals surface area contributed by atoms with Crippen molar-refractivity contribution in [1.29, 1.82) is 0 Å². The molecule has 0 saturated carbocycles. The number of hydrogen-bond acceptors (Lipinski definition) is 6. The number of hydrogen-bond donors (Lipinski definition) is 4. The van der Waals surface area contributed by atoms with E-state index >= 15 is 0 Å². The summed E-state index contributed by atoms with van der Waals surface area (Å²) in [5, 5.41) is 12.2. The molecule has 1 aromatic heterocycles. The summed E-state index contributed by atoms with van der Waals surface area (Å²) >= 11 is 0. The molecule has 4 unspecified atom stereocenters. The Morgan fingerprint density at radius 3 is 2.39 bits per heavy atom. The number of amides is 4. The molecule has 232 valence electrons. The van der Waals surface area contributed by atoms with E-state index in [4.69, 9.17) is 4.98 Å². The van der Waals surface area contributed by atoms with Gasteiger partial charge in [0.15, 0.2) is 0 Å². The lowest BCUT2D eigenvalue weighted by molar-refractivity contribution is -0.143. The summed E-state index contributed by atoms with van der Waals surface area (Å²) in [5.74, 6) is -1.54. The summed E-state index contributed by atoms with van der Waals surface area (Å²) in [6.07, 6.45) is 3.04. The molecular formula is C34H42N6O4. The van der Waals surface area contributed by atoms with Crippen LogP contribution in [-0.4, -0.2) is 58.3 Å². The van der Waals surface area contributed by atoms with Crippen LogP contribution < -0.4 is 21.4 Å². The molecular weight excluding hydrogens is 556 g/mol. The zero-order valence-electron chi connectivity index (χ0n) is 26.2. The van der Waals surface area contributed by atoms with E-state index in [1.807, 2.05) is 83.3 Å². The van der Waals surface area contributed by atoms with E-state index in [0.29, 0.717) is 19.4 Å². The maximum atomic E-state index is 13.7. The van der Waals surface area contributed by atoms with Crippen LogP contribution in [0.25, 0.3) is 22.0 Å². The average molecular weight is 599 g/mol. The van der Waals surface area contributed by atoms with E-state index in [0.717, 1.165) is 33.2 Å². The number of hydrazine groups is 1. The molecule has 4 N–H and O–H groups in total. The number of carbonyl (C=O) groups is 4. The van der Waals surface area contributed by atoms with Crippen molar-refractivity contribution in [1.82, 2.24) is 31.4 Å². The molecule has 10 nitrogen and oxygen atoms in total. The van der Waals surface area contributed by atoms with Gasteiger partial charge in [0.1, 0.15) is 18.1 Å². The molecule has 0 aliphatic carbocycles. The van der Waals surface area contributed by atoms with Crippen LogP contribution in [0.4, 0.5) is 0 Å². The molecule has 2 aromatic carbocycles. The summed E-state index contributed by atoms with van der Waals surface area (Å²) in [6.45, 7) is 11.3. The lowest BCUT2D eigenvalue weighted by Gasteiger charge is -2.35. The monoisotopic (exact) mass is 598 g/mol. The Balaban J connectivity index is 1.55. The molecule has 44 heavy (non-hydrogen) atoms. The van der Waals surface area contributed by atoms with Gasteiger partial charge < -0.3 is 16.0 Å². The van der Waals surface area contributed by atoms with Gasteiger partial charge in [0.2, 0.25) is 17.7 Å². The van der Waals surface area contributed by atoms with Gasteiger partial charge in [-0.2, -0.15) is 0 Å². The molecule has 2 aliphatic rings. The van der Waals surface area contributed by atoms with Crippen LogP contribution in [0.3, 0.4) is 0 Å². The van der Waals surface area contributed by atoms with Gasteiger partial charge in [0.05, 0.1) is 17.2 Å². The first-order chi connectivity index (χ1) is 20.8. The average Bonchev–Trinajstić information content (AvgIpc) is 3.01. The Bertz CT molecular complexity index is 1600. The van der Waals surface area contributed by atoms with Crippen molar-refractivity contribution in [3.05, 3.63) is 65.9 Å². The van der Waals surface area contributed by atoms with E-state index in [-0.39, 0.29) is 29.7 Å². The van der Waals surface area contributed by atoms with Crippen LogP contribution in [0.1, 0.15) is 71.6 Å². The molecule has 4 atom stereocenters. The van der Waals surface area contributed by atoms with Gasteiger partial charge in [-0.05, 0) is 81.2 Å². The topological polar surface area (TPSA) is 133 Å². The highest BCUT2D eigenvalue weighted by Gasteiger charge is 2.36. The molecule has 5 rings (SSSR count). The first kappa shape index (κ1) is 31.1. The highest BCUT2D eigenvalue weighted by atomic mass is 16.2. The summed E-state index contributed by atoms with van der Waals surface area (Å²) in [6, 6.07) is 13.2. The normalized spacial score (nSPS) is 24.8. The molecule has 7 bridgehead atoms. The van der Waals surface area contributed by atoms with Gasteiger partial charge in [-0.15, -0.1) is 0 Å².